The molecule has 0 aromatic rings. The van der Waals surface area contributed by atoms with Crippen molar-refractivity contribution < 1.29 is 83.5 Å². The molecule has 0 aliphatic carbocycles. The zero-order valence-corrected chi connectivity index (χ0v) is 18.8. The van der Waals surface area contributed by atoms with Crippen LogP contribution in [0.3, 0.4) is 0 Å². The summed E-state index contributed by atoms with van der Waals surface area (Å²) in [6.07, 6.45) is -12.7. The molecule has 0 aromatic carbocycles. The van der Waals surface area contributed by atoms with E-state index in [4.69, 9.17) is 41.9 Å². The van der Waals surface area contributed by atoms with Crippen LogP contribution in [0.1, 0.15) is 0 Å². The van der Waals surface area contributed by atoms with Crippen LogP contribution in [0, 0.1) is 0 Å². The maximum absolute atomic E-state index is 10.00. The van der Waals surface area contributed by atoms with E-state index in [1.165, 1.54) is 0 Å². The second-order valence-corrected chi connectivity index (χ2v) is 6.78. The first-order chi connectivity index (χ1) is 12.8. The fraction of sp³-hybridized carbons (Fsp3) is 1.00. The van der Waals surface area contributed by atoms with Crippen LogP contribution in [0.4, 0.5) is 0 Å². The van der Waals surface area contributed by atoms with Gasteiger partial charge in [0.05, 0.1) is 13.2 Å². The molecule has 19 heteroatoms. The van der Waals surface area contributed by atoms with E-state index >= 15 is 0 Å². The quantitative estimate of drug-likeness (QED) is 0.0958. The SMILES string of the molecule is O.O.O=S(=O)([O-])[O-].OC[C@H]1O[C@@](CO)(O[C@H]2O[C@H](CO)[C@@H](O)[C@H](O)[C@H]2O)[C@@H](O)[C@@H]1O.[Ca+2]. The average molecular weight is 514 g/mol. The third kappa shape index (κ3) is 9.41. The van der Waals surface area contributed by atoms with Gasteiger partial charge in [-0.15, -0.1) is 0 Å². The molecule has 184 valence electrons. The molecule has 2 aliphatic rings. The smallest absolute Gasteiger partial charge is 0.759 e. The zero-order valence-electron chi connectivity index (χ0n) is 15.8. The first-order valence-corrected chi connectivity index (χ1v) is 9.05. The number of aliphatic hydroxyl groups excluding tert-OH is 8. The Hall–Kier alpha value is 0.610. The minimum absolute atomic E-state index is 0. The van der Waals surface area contributed by atoms with E-state index in [9.17, 15) is 30.6 Å². The molecule has 0 aromatic heterocycles. The van der Waals surface area contributed by atoms with Crippen LogP contribution < -0.4 is 0 Å². The van der Waals surface area contributed by atoms with E-state index in [2.05, 4.69) is 0 Å². The summed E-state index contributed by atoms with van der Waals surface area (Å²) in [5.41, 5.74) is 0. The van der Waals surface area contributed by atoms with Crippen molar-refractivity contribution in [2.45, 2.75) is 54.8 Å². The van der Waals surface area contributed by atoms with Gasteiger partial charge in [0.25, 0.3) is 0 Å². The second kappa shape index (κ2) is 14.8. The first-order valence-electron chi connectivity index (χ1n) is 7.72. The molecule has 0 radical (unpaired) electrons. The van der Waals surface area contributed by atoms with Gasteiger partial charge in [0.15, 0.2) is 6.29 Å². The molecule has 0 unspecified atom stereocenters. The first kappa shape index (κ1) is 36.2. The van der Waals surface area contributed by atoms with Crippen LogP contribution in [0.2, 0.25) is 0 Å². The summed E-state index contributed by atoms with van der Waals surface area (Å²) in [6, 6.07) is 0. The standard InChI is InChI=1S/C12H22O11.Ca.H2O4S.2H2O/c13-1-4-6(16)8(18)9(19)11(21-4)23-12(3-15)10(20)7(17)5(2-14)22-12;;1-5(2,3)4;;/h4-11,13-20H,1-3H2;;(H2,1,2,3,4);2*1H2/q;+2;;;/p-2/t4-,5-,6-,7-,8+,9-,10+,11-,12+;;;;/m1..../s1. The molecule has 0 bridgehead atoms. The summed E-state index contributed by atoms with van der Waals surface area (Å²) in [6.45, 7) is -2.32. The van der Waals surface area contributed by atoms with Gasteiger partial charge in [0.2, 0.25) is 5.79 Å². The number of ether oxygens (including phenoxy) is 3. The van der Waals surface area contributed by atoms with Crippen molar-refractivity contribution in [1.29, 1.82) is 0 Å². The Morgan fingerprint density at radius 1 is 0.839 bits per heavy atom. The van der Waals surface area contributed by atoms with E-state index in [1.807, 2.05) is 0 Å². The minimum atomic E-state index is -5.17. The molecule has 2 heterocycles. The van der Waals surface area contributed by atoms with Crippen molar-refractivity contribution in [3.63, 3.8) is 0 Å². The Bertz CT molecular complexity index is 584. The normalized spacial score (nSPS) is 39.8. The van der Waals surface area contributed by atoms with Crippen LogP contribution in [0.25, 0.3) is 0 Å². The fourth-order valence-corrected chi connectivity index (χ4v) is 2.63. The van der Waals surface area contributed by atoms with Crippen molar-refractivity contribution in [1.82, 2.24) is 0 Å². The average Bonchev–Trinajstić information content (AvgIpc) is 2.86. The third-order valence-corrected chi connectivity index (χ3v) is 4.07. The van der Waals surface area contributed by atoms with Crippen LogP contribution in [-0.2, 0) is 24.6 Å². The van der Waals surface area contributed by atoms with E-state index in [1.54, 1.807) is 0 Å². The van der Waals surface area contributed by atoms with Crippen LogP contribution in [-0.4, -0.2) is 182 Å². The van der Waals surface area contributed by atoms with Crippen LogP contribution in [0.15, 0.2) is 0 Å². The molecular weight excluding hydrogens is 488 g/mol. The van der Waals surface area contributed by atoms with Gasteiger partial charge in [-0.05, 0) is 0 Å². The van der Waals surface area contributed by atoms with Gasteiger partial charge in [-0.1, -0.05) is 0 Å². The van der Waals surface area contributed by atoms with Crippen molar-refractivity contribution >= 4 is 48.1 Å². The third-order valence-electron chi connectivity index (χ3n) is 4.07. The van der Waals surface area contributed by atoms with Crippen molar-refractivity contribution in [3.05, 3.63) is 0 Å². The maximum Gasteiger partial charge on any atom is 2.00 e. The molecular formula is C12H26CaO17S. The van der Waals surface area contributed by atoms with Crippen LogP contribution >= 0.6 is 0 Å². The maximum atomic E-state index is 10.00. The molecule has 2 saturated heterocycles. The fourth-order valence-electron chi connectivity index (χ4n) is 2.63. The molecule has 0 saturated carbocycles. The number of aliphatic hydroxyl groups is 8. The van der Waals surface area contributed by atoms with Gasteiger partial charge in [0.1, 0.15) is 49.3 Å². The predicted molar refractivity (Wildman–Crippen MR) is 92.1 cm³/mol. The molecule has 2 rings (SSSR count). The Labute approximate surface area is 205 Å². The summed E-state index contributed by atoms with van der Waals surface area (Å²) < 4.78 is 49.5. The molecule has 0 amide bonds. The second-order valence-electron chi connectivity index (χ2n) is 5.97. The molecule has 12 N–H and O–H groups in total. The molecule has 17 nitrogen and oxygen atoms in total. The summed E-state index contributed by atoms with van der Waals surface area (Å²) in [7, 11) is -5.17. The van der Waals surface area contributed by atoms with Gasteiger partial charge >= 0.3 is 37.7 Å². The number of rotatable bonds is 5. The van der Waals surface area contributed by atoms with Gasteiger partial charge in [-0.3, -0.25) is 8.42 Å². The van der Waals surface area contributed by atoms with Gasteiger partial charge in [-0.2, -0.15) is 0 Å². The summed E-state index contributed by atoms with van der Waals surface area (Å²) in [5, 5.41) is 76.7. The van der Waals surface area contributed by atoms with Crippen molar-refractivity contribution in [2.75, 3.05) is 19.8 Å². The number of hydrogen-bond donors (Lipinski definition) is 8. The van der Waals surface area contributed by atoms with Crippen LogP contribution in [0.5, 0.6) is 0 Å². The zero-order chi connectivity index (χ0) is 21.9. The molecule has 2 aliphatic heterocycles. The van der Waals surface area contributed by atoms with E-state index in [-0.39, 0.29) is 48.7 Å². The largest absolute Gasteiger partial charge is 2.00 e. The van der Waals surface area contributed by atoms with Gasteiger partial charge in [0, 0.05) is 10.4 Å². The molecule has 31 heavy (non-hydrogen) atoms. The number of hydrogen-bond acceptors (Lipinski definition) is 15. The predicted octanol–water partition coefficient (Wildman–Crippen LogP) is -8.76. The Morgan fingerprint density at radius 3 is 1.65 bits per heavy atom. The monoisotopic (exact) mass is 514 g/mol. The molecule has 9 atom stereocenters. The Kier molecular flexibility index (Phi) is 17.3. The summed E-state index contributed by atoms with van der Waals surface area (Å²) in [5.74, 6) is -2.22. The topological polar surface area (TPSA) is 333 Å². The molecule has 2 fully saturated rings. The molecule has 0 spiro atoms. The van der Waals surface area contributed by atoms with Gasteiger partial charge in [-0.25, -0.2) is 0 Å². The van der Waals surface area contributed by atoms with Gasteiger partial charge < -0.3 is 75.1 Å². The Morgan fingerprint density at radius 2 is 1.29 bits per heavy atom. The summed E-state index contributed by atoms with van der Waals surface area (Å²) in [4.78, 5) is 0. The Balaban J connectivity index is -0.000000883. The van der Waals surface area contributed by atoms with E-state index < -0.39 is 85.0 Å². The van der Waals surface area contributed by atoms with E-state index in [0.29, 0.717) is 0 Å². The summed E-state index contributed by atoms with van der Waals surface area (Å²) >= 11 is 0. The van der Waals surface area contributed by atoms with Crippen molar-refractivity contribution in [2.24, 2.45) is 0 Å². The minimum Gasteiger partial charge on any atom is -0.759 e. The van der Waals surface area contributed by atoms with E-state index in [0.717, 1.165) is 0 Å². The van der Waals surface area contributed by atoms with Crippen molar-refractivity contribution in [3.8, 4) is 0 Å².